The molecule has 262 valence electrons. The molecule has 1 saturated heterocycles. The van der Waals surface area contributed by atoms with Gasteiger partial charge in [0.15, 0.2) is 0 Å². The minimum atomic E-state index is -0.922. The van der Waals surface area contributed by atoms with Crippen molar-refractivity contribution < 1.29 is 43.1 Å². The van der Waals surface area contributed by atoms with E-state index in [-0.39, 0.29) is 19.8 Å². The number of carbonyl (C=O) groups is 1. The Balaban J connectivity index is 1.61. The van der Waals surface area contributed by atoms with Crippen LogP contribution in [0.4, 0.5) is 10.5 Å². The number of aliphatic hydroxyl groups is 1. The first kappa shape index (κ1) is 36.9. The predicted octanol–water partition coefficient (Wildman–Crippen LogP) is 4.90. The van der Waals surface area contributed by atoms with Crippen LogP contribution in [0.2, 0.25) is 0 Å². The number of piperidine rings is 1. The lowest BCUT2D eigenvalue weighted by Crippen LogP contribution is -2.58. The standard InChI is InChI=1S/C36H54N2O9/c1-27(39)24-46-36(30-11-8-28(9-12-30)25-43-21-20-42-6)14-16-38(34(40)47-35(2,3)4)23-33(36)45-26-29-10-13-32-31(22-29)37(17-19-44-32)15-7-18-41-5/h8-13,22,27,33,39H,7,14-21,23-26H2,1-6H3/t27?,33-,36-/m0/s1. The van der Waals surface area contributed by atoms with Crippen LogP contribution in [0.25, 0.3) is 0 Å². The van der Waals surface area contributed by atoms with E-state index >= 15 is 0 Å². The number of aliphatic hydroxyl groups excluding tert-OH is 1. The number of anilines is 1. The third kappa shape index (κ3) is 10.5. The number of hydrogen-bond donors (Lipinski definition) is 1. The lowest BCUT2D eigenvalue weighted by Gasteiger charge is -2.47. The Bertz CT molecular complexity index is 1250. The molecule has 2 aromatic carbocycles. The largest absolute Gasteiger partial charge is 0.490 e. The van der Waals surface area contributed by atoms with Crippen molar-refractivity contribution in [1.82, 2.24) is 4.90 Å². The van der Waals surface area contributed by atoms with Crippen molar-refractivity contribution in [2.24, 2.45) is 0 Å². The quantitative estimate of drug-likeness (QED) is 0.250. The zero-order valence-electron chi connectivity index (χ0n) is 29.0. The summed E-state index contributed by atoms with van der Waals surface area (Å²) >= 11 is 0. The van der Waals surface area contributed by atoms with E-state index in [2.05, 4.69) is 11.0 Å². The summed E-state index contributed by atoms with van der Waals surface area (Å²) in [6, 6.07) is 14.2. The molecule has 2 aromatic rings. The first-order chi connectivity index (χ1) is 22.5. The number of hydrogen-bond acceptors (Lipinski definition) is 10. The second-order valence-electron chi connectivity index (χ2n) is 13.3. The minimum absolute atomic E-state index is 0.112. The van der Waals surface area contributed by atoms with Gasteiger partial charge in [0.05, 0.1) is 57.9 Å². The highest BCUT2D eigenvalue weighted by atomic mass is 16.6. The van der Waals surface area contributed by atoms with Crippen LogP contribution in [-0.2, 0) is 47.2 Å². The van der Waals surface area contributed by atoms with Crippen molar-refractivity contribution in [2.75, 3.05) is 78.3 Å². The van der Waals surface area contributed by atoms with Gasteiger partial charge in [0.2, 0.25) is 0 Å². The highest BCUT2D eigenvalue weighted by molar-refractivity contribution is 5.68. The molecule has 2 aliphatic heterocycles. The molecule has 1 amide bonds. The number of rotatable bonds is 16. The van der Waals surface area contributed by atoms with Crippen LogP contribution in [0.3, 0.4) is 0 Å². The summed E-state index contributed by atoms with van der Waals surface area (Å²) < 4.78 is 41.1. The molecule has 1 unspecified atom stereocenters. The number of likely N-dealkylation sites (tertiary alicyclic amines) is 1. The molecule has 11 heteroatoms. The molecule has 3 atom stereocenters. The third-order valence-corrected chi connectivity index (χ3v) is 8.25. The number of nitrogens with zero attached hydrogens (tertiary/aromatic N) is 2. The Morgan fingerprint density at radius 1 is 1.02 bits per heavy atom. The Morgan fingerprint density at radius 3 is 2.47 bits per heavy atom. The number of benzene rings is 2. The molecule has 1 N–H and O–H groups in total. The summed E-state index contributed by atoms with van der Waals surface area (Å²) in [6.07, 6.45) is -0.263. The maximum absolute atomic E-state index is 13.3. The van der Waals surface area contributed by atoms with Crippen LogP contribution in [-0.4, -0.2) is 107 Å². The van der Waals surface area contributed by atoms with E-state index in [0.29, 0.717) is 46.0 Å². The van der Waals surface area contributed by atoms with E-state index < -0.39 is 29.5 Å². The van der Waals surface area contributed by atoms with Crippen molar-refractivity contribution in [3.63, 3.8) is 0 Å². The van der Waals surface area contributed by atoms with Crippen molar-refractivity contribution in [1.29, 1.82) is 0 Å². The Hall–Kier alpha value is -2.93. The second-order valence-corrected chi connectivity index (χ2v) is 13.3. The van der Waals surface area contributed by atoms with Crippen molar-refractivity contribution in [2.45, 2.75) is 77.2 Å². The minimum Gasteiger partial charge on any atom is -0.490 e. The fourth-order valence-corrected chi connectivity index (χ4v) is 5.88. The van der Waals surface area contributed by atoms with Gasteiger partial charge in [-0.15, -0.1) is 0 Å². The van der Waals surface area contributed by atoms with E-state index in [1.165, 1.54) is 0 Å². The SMILES string of the molecule is COCCCN1CCOc2ccc(CO[C@H]3CN(C(=O)OC(C)(C)C)CC[C@]3(OCC(C)O)c3ccc(COCCOC)cc3)cc21. The highest BCUT2D eigenvalue weighted by Gasteiger charge is 2.48. The Morgan fingerprint density at radius 2 is 1.77 bits per heavy atom. The van der Waals surface area contributed by atoms with Gasteiger partial charge in [-0.05, 0) is 62.9 Å². The van der Waals surface area contributed by atoms with E-state index in [9.17, 15) is 9.90 Å². The molecule has 1 fully saturated rings. The van der Waals surface area contributed by atoms with Gasteiger partial charge in [0.1, 0.15) is 29.7 Å². The number of methoxy groups -OCH3 is 2. The van der Waals surface area contributed by atoms with Gasteiger partial charge in [-0.3, -0.25) is 0 Å². The molecule has 0 saturated carbocycles. The molecule has 0 radical (unpaired) electrons. The van der Waals surface area contributed by atoms with Crippen LogP contribution in [0.5, 0.6) is 5.75 Å². The number of fused-ring (bicyclic) bond motifs is 1. The summed E-state index contributed by atoms with van der Waals surface area (Å²) in [5.41, 5.74) is 2.39. The zero-order valence-corrected chi connectivity index (χ0v) is 29.0. The van der Waals surface area contributed by atoms with Crippen molar-refractivity contribution >= 4 is 11.8 Å². The van der Waals surface area contributed by atoms with Gasteiger partial charge in [0.25, 0.3) is 0 Å². The van der Waals surface area contributed by atoms with E-state index in [1.54, 1.807) is 26.0 Å². The fraction of sp³-hybridized carbons (Fsp3) is 0.639. The molecular weight excluding hydrogens is 604 g/mol. The molecule has 11 nitrogen and oxygen atoms in total. The van der Waals surface area contributed by atoms with Gasteiger partial charge in [-0.25, -0.2) is 4.79 Å². The third-order valence-electron chi connectivity index (χ3n) is 8.25. The zero-order chi connectivity index (χ0) is 33.9. The highest BCUT2D eigenvalue weighted by Crippen LogP contribution is 2.41. The summed E-state index contributed by atoms with van der Waals surface area (Å²) in [5.74, 6) is 0.854. The normalized spacial score (nSPS) is 20.4. The molecular formula is C36H54N2O9. The molecule has 4 rings (SSSR count). The van der Waals surface area contributed by atoms with E-state index in [0.717, 1.165) is 47.6 Å². The first-order valence-electron chi connectivity index (χ1n) is 16.6. The number of carbonyl (C=O) groups excluding carboxylic acids is 1. The topological polar surface area (TPSA) is 108 Å². The van der Waals surface area contributed by atoms with Crippen LogP contribution < -0.4 is 9.64 Å². The molecule has 0 aliphatic carbocycles. The lowest BCUT2D eigenvalue weighted by molar-refractivity contribution is -0.194. The van der Waals surface area contributed by atoms with Crippen molar-refractivity contribution in [3.05, 3.63) is 59.2 Å². The molecule has 47 heavy (non-hydrogen) atoms. The summed E-state index contributed by atoms with van der Waals surface area (Å²) in [6.45, 7) is 12.9. The summed E-state index contributed by atoms with van der Waals surface area (Å²) in [4.78, 5) is 17.3. The van der Waals surface area contributed by atoms with Crippen LogP contribution in [0, 0.1) is 0 Å². The molecule has 2 heterocycles. The van der Waals surface area contributed by atoms with Gasteiger partial charge < -0.3 is 48.1 Å². The molecule has 0 aromatic heterocycles. The van der Waals surface area contributed by atoms with Crippen LogP contribution in [0.1, 0.15) is 57.2 Å². The summed E-state index contributed by atoms with van der Waals surface area (Å²) in [7, 11) is 3.37. The maximum Gasteiger partial charge on any atom is 0.410 e. The Labute approximate surface area is 280 Å². The van der Waals surface area contributed by atoms with Gasteiger partial charge in [-0.2, -0.15) is 0 Å². The predicted molar refractivity (Wildman–Crippen MR) is 179 cm³/mol. The smallest absolute Gasteiger partial charge is 0.410 e. The number of amides is 1. The van der Waals surface area contributed by atoms with E-state index in [1.807, 2.05) is 57.2 Å². The molecule has 0 bridgehead atoms. The van der Waals surface area contributed by atoms with E-state index in [4.69, 9.17) is 33.2 Å². The molecule has 2 aliphatic rings. The average molecular weight is 659 g/mol. The Kier molecular flexibility index (Phi) is 13.7. The van der Waals surface area contributed by atoms with Crippen LogP contribution >= 0.6 is 0 Å². The fourth-order valence-electron chi connectivity index (χ4n) is 5.88. The second kappa shape index (κ2) is 17.5. The molecule has 0 spiro atoms. The lowest BCUT2D eigenvalue weighted by atomic mass is 9.81. The first-order valence-corrected chi connectivity index (χ1v) is 16.6. The summed E-state index contributed by atoms with van der Waals surface area (Å²) in [5, 5.41) is 10.3. The van der Waals surface area contributed by atoms with Gasteiger partial charge in [0, 0.05) is 40.3 Å². The monoisotopic (exact) mass is 658 g/mol. The number of ether oxygens (including phenoxy) is 7. The van der Waals surface area contributed by atoms with Gasteiger partial charge >= 0.3 is 6.09 Å². The van der Waals surface area contributed by atoms with Crippen LogP contribution in [0.15, 0.2) is 42.5 Å². The average Bonchev–Trinajstić information content (AvgIpc) is 3.04. The van der Waals surface area contributed by atoms with Gasteiger partial charge in [-0.1, -0.05) is 30.3 Å². The maximum atomic E-state index is 13.3. The van der Waals surface area contributed by atoms with Crippen molar-refractivity contribution in [3.8, 4) is 5.75 Å².